The largest absolute Gasteiger partial charge is 0.493 e. The van der Waals surface area contributed by atoms with Gasteiger partial charge < -0.3 is 56.8 Å². The Balaban J connectivity index is 0.000000153. The molecule has 12 aliphatic heterocycles. The number of piperidine rings is 6. The van der Waals surface area contributed by atoms with Crippen molar-refractivity contribution in [2.75, 3.05) is 164 Å². The van der Waals surface area contributed by atoms with E-state index in [1.54, 1.807) is 104 Å². The number of carbonyl (C=O) groups is 6. The van der Waals surface area contributed by atoms with Crippen molar-refractivity contribution >= 4 is 34.7 Å². The van der Waals surface area contributed by atoms with E-state index in [-0.39, 0.29) is 88.0 Å². The van der Waals surface area contributed by atoms with Crippen LogP contribution in [0.1, 0.15) is 317 Å². The Labute approximate surface area is 874 Å². The van der Waals surface area contributed by atoms with Crippen LogP contribution >= 0.6 is 0 Å². The van der Waals surface area contributed by atoms with E-state index in [1.807, 2.05) is 95.2 Å². The number of hydrogen-bond donors (Lipinski definition) is 0. The number of carbonyl (C=O) groups excluding carboxylic acids is 6. The highest BCUT2D eigenvalue weighted by Crippen LogP contribution is 2.53. The van der Waals surface area contributed by atoms with Crippen LogP contribution in [0.25, 0.3) is 0 Å². The van der Waals surface area contributed by atoms with E-state index in [0.717, 1.165) is 165 Å². The lowest BCUT2D eigenvalue weighted by molar-refractivity contribution is -0.130. The summed E-state index contributed by atoms with van der Waals surface area (Å²) in [4.78, 5) is 91.0. The molecule has 0 amide bonds. The van der Waals surface area contributed by atoms with Crippen molar-refractivity contribution in [3.8, 4) is 69.0 Å². The van der Waals surface area contributed by atoms with E-state index in [2.05, 4.69) is 113 Å². The molecule has 12 heterocycles. The topological polar surface area (TPSA) is 233 Å². The summed E-state index contributed by atoms with van der Waals surface area (Å²) in [5.74, 6) is 3.56. The quantitative estimate of drug-likeness (QED) is 0.0778. The molecule has 24 heteroatoms. The van der Waals surface area contributed by atoms with E-state index in [9.17, 15) is 28.8 Å². The molecule has 6 aromatic carbocycles. The fourth-order valence-electron chi connectivity index (χ4n) is 23.6. The molecular formula is C120H174N6O18. The molecule has 0 aliphatic carbocycles. The van der Waals surface area contributed by atoms with Gasteiger partial charge in [-0.15, -0.1) is 0 Å². The van der Waals surface area contributed by atoms with Crippen molar-refractivity contribution in [2.24, 2.45) is 67.9 Å². The van der Waals surface area contributed by atoms with Gasteiger partial charge in [0.25, 0.3) is 0 Å². The molecule has 0 radical (unpaired) electrons. The van der Waals surface area contributed by atoms with Crippen molar-refractivity contribution in [2.45, 2.75) is 276 Å². The van der Waals surface area contributed by atoms with Crippen LogP contribution in [0.4, 0.5) is 0 Å². The van der Waals surface area contributed by atoms with Crippen LogP contribution in [-0.2, 0) is 67.3 Å². The van der Waals surface area contributed by atoms with E-state index >= 15 is 0 Å². The molecule has 6 saturated heterocycles. The van der Waals surface area contributed by atoms with Gasteiger partial charge in [0.05, 0.1) is 85.3 Å². The van der Waals surface area contributed by atoms with Crippen LogP contribution in [0.2, 0.25) is 0 Å². The molecule has 0 N–H and O–H groups in total. The monoisotopic (exact) mass is 2000 g/mol. The first-order valence-electron chi connectivity index (χ1n) is 56.4. The Morgan fingerprint density at radius 1 is 0.229 bits per heavy atom. The van der Waals surface area contributed by atoms with Crippen LogP contribution < -0.4 is 56.8 Å². The predicted octanol–water partition coefficient (Wildman–Crippen LogP) is 21.8. The summed E-state index contributed by atoms with van der Waals surface area (Å²) in [6.45, 7) is 46.1. The lowest BCUT2D eigenvalue weighted by Crippen LogP contribution is -2.47. The van der Waals surface area contributed by atoms with E-state index in [0.29, 0.717) is 110 Å². The van der Waals surface area contributed by atoms with Gasteiger partial charge in [0.2, 0.25) is 0 Å². The van der Waals surface area contributed by atoms with Crippen molar-refractivity contribution in [1.82, 2.24) is 29.4 Å². The average Bonchev–Trinajstić information content (AvgIpc) is 0.720. The molecule has 0 aromatic heterocycles. The Morgan fingerprint density at radius 2 is 0.382 bits per heavy atom. The highest BCUT2D eigenvalue weighted by molar-refractivity contribution is 5.87. The Kier molecular flexibility index (Phi) is 32.2. The molecule has 144 heavy (non-hydrogen) atoms. The molecule has 0 spiro atoms. The predicted molar refractivity (Wildman–Crippen MR) is 569 cm³/mol. The molecule has 6 fully saturated rings. The van der Waals surface area contributed by atoms with Gasteiger partial charge in [-0.05, 0) is 249 Å². The minimum absolute atomic E-state index is 0.169. The summed E-state index contributed by atoms with van der Waals surface area (Å²) in [7, 11) is 19.3. The Morgan fingerprint density at radius 3 is 0.542 bits per heavy atom. The summed E-state index contributed by atoms with van der Waals surface area (Å²) in [6.07, 6.45) is 4.51. The van der Waals surface area contributed by atoms with Gasteiger partial charge in [-0.25, -0.2) is 0 Å². The highest BCUT2D eigenvalue weighted by Gasteiger charge is 2.48. The zero-order valence-corrected chi connectivity index (χ0v) is 92.2. The van der Waals surface area contributed by atoms with E-state index < -0.39 is 72.3 Å². The second-order valence-corrected chi connectivity index (χ2v) is 48.4. The second kappa shape index (κ2) is 46.6. The average molecular weight is 2000 g/mol. The number of nitrogens with zero attached hydrogens (tertiary/aromatic N) is 6. The van der Waals surface area contributed by atoms with Gasteiger partial charge >= 0.3 is 0 Å². The molecule has 12 aliphatic rings. The minimum atomic E-state index is -2.14. The van der Waals surface area contributed by atoms with Crippen LogP contribution in [0.5, 0.6) is 69.0 Å². The smallest absolute Gasteiger partial charge is 0.161 e. The van der Waals surface area contributed by atoms with Gasteiger partial charge in [0.15, 0.2) is 69.0 Å². The van der Waals surface area contributed by atoms with Crippen molar-refractivity contribution < 1.29 is 97.9 Å². The molecule has 18 rings (SSSR count). The normalized spacial score (nSPS) is 27.8. The van der Waals surface area contributed by atoms with Crippen molar-refractivity contribution in [3.63, 3.8) is 0 Å². The second-order valence-electron chi connectivity index (χ2n) is 48.4. The number of ether oxygens (including phenoxy) is 12. The Hall–Kier alpha value is -9.30. The number of Topliss-reactive ketones (excluding diaryl/α,β-unsaturated/α-hetero) is 6. The zero-order valence-electron chi connectivity index (χ0n) is 101. The van der Waals surface area contributed by atoms with Gasteiger partial charge in [-0.2, -0.15) is 0 Å². The maximum atomic E-state index is 13.1. The molecule has 12 atom stereocenters. The lowest BCUT2D eigenvalue weighted by Gasteiger charge is -2.44. The number of ketones is 6. The number of rotatable bonds is 18. The maximum Gasteiger partial charge on any atom is 0.161 e. The summed E-state index contributed by atoms with van der Waals surface area (Å²) in [6, 6.07) is 21.9. The molecule has 0 saturated carbocycles. The summed E-state index contributed by atoms with van der Waals surface area (Å²) in [5.41, 5.74) is 12.6. The zero-order chi connectivity index (χ0) is 113. The number of fused-ring (bicyclic) bond motifs is 18. The first-order valence-corrected chi connectivity index (χ1v) is 51.9. The highest BCUT2D eigenvalue weighted by atomic mass is 16.5. The van der Waals surface area contributed by atoms with Gasteiger partial charge in [-0.1, -0.05) is 125 Å². The first kappa shape index (κ1) is 99.3. The summed E-state index contributed by atoms with van der Waals surface area (Å²) < 4.78 is 143. The standard InChI is InChI=1S/6C20H29NO3/c6*1-20(2,3)11-14-12-21-7-6-13-8-18(23-4)19(24-5)9-15(13)16(21)10-17(14)22/h6*8-9,14,16H,6-7,10-12H2,1-5H3/t6*14-,16-/m000000/s1/i3*10D2,14D;;;. The summed E-state index contributed by atoms with van der Waals surface area (Å²) >= 11 is 0. The molecule has 6 aromatic rings. The third-order valence-corrected chi connectivity index (χ3v) is 29.9. The molecule has 24 nitrogen and oxygen atoms in total. The molecule has 0 unspecified atom stereocenters. The summed E-state index contributed by atoms with van der Waals surface area (Å²) in [5, 5.41) is 0. The SMILES string of the molecule is COc1cc2c(cc1OC)[C@@H]1CC(=O)[C@@H](CC(C)(C)C)CN1CC2.COc1cc2c(cc1OC)[C@@H]1CC(=O)[C@@H](CC(C)(C)C)CN1CC2.COc1cc2c(cc1OC)[C@@H]1CC(=O)[C@@H](CC(C)(C)C)CN1CC2.[2H]C1([2H])C(=O)[C@@]([2H])(CC(C)(C)C)CN2CCc3cc(OC)c(OC)cc3[C@@H]21.[2H]C1([2H])C(=O)[C@@]([2H])(CC(C)(C)C)CN2CCc3cc(OC)c(OC)cc3[C@@H]21.[2H]C1([2H])C(=O)[C@@]([2H])(CC(C)(C)C)CN2CCc3cc(OC)c(OC)cc3[C@@H]21. The lowest BCUT2D eigenvalue weighted by atomic mass is 9.76. The van der Waals surface area contributed by atoms with Crippen LogP contribution in [0, 0.1) is 67.9 Å². The number of benzene rings is 6. The molecule has 0 bridgehead atoms. The Bertz CT molecular complexity index is 5470. The fourth-order valence-corrected chi connectivity index (χ4v) is 23.6. The molecule has 792 valence electrons. The van der Waals surface area contributed by atoms with Crippen LogP contribution in [-0.4, -0.2) is 228 Å². The van der Waals surface area contributed by atoms with Crippen molar-refractivity contribution in [3.05, 3.63) is 140 Å². The van der Waals surface area contributed by atoms with Crippen LogP contribution in [0.3, 0.4) is 0 Å². The number of hydrogen-bond acceptors (Lipinski definition) is 24. The van der Waals surface area contributed by atoms with E-state index in [4.69, 9.17) is 69.2 Å². The third-order valence-electron chi connectivity index (χ3n) is 29.9. The maximum absolute atomic E-state index is 13.1. The van der Waals surface area contributed by atoms with Gasteiger partial charge in [0, 0.05) is 201 Å². The minimum Gasteiger partial charge on any atom is -0.493 e. The van der Waals surface area contributed by atoms with Crippen molar-refractivity contribution in [1.29, 1.82) is 0 Å². The van der Waals surface area contributed by atoms with Gasteiger partial charge in [0.1, 0.15) is 34.7 Å². The molecular weight excluding hydrogens is 1810 g/mol. The third kappa shape index (κ3) is 27.2. The first-order chi connectivity index (χ1) is 71.2. The van der Waals surface area contributed by atoms with Crippen LogP contribution in [0.15, 0.2) is 72.8 Å². The fraction of sp³-hybridized carbons (Fsp3) is 0.650. The number of methoxy groups -OCH3 is 12. The van der Waals surface area contributed by atoms with Gasteiger partial charge in [-0.3, -0.25) is 58.2 Å². The van der Waals surface area contributed by atoms with E-state index in [1.165, 1.54) is 33.4 Å².